The Kier molecular flexibility index (Phi) is 5.61. The molecule has 0 bridgehead atoms. The molecule has 3 aromatic rings. The summed E-state index contributed by atoms with van der Waals surface area (Å²) in [6, 6.07) is 17.9. The molecule has 0 atom stereocenters. The van der Waals surface area contributed by atoms with Crippen LogP contribution >= 0.6 is 0 Å². The lowest BCUT2D eigenvalue weighted by Crippen LogP contribution is -2.25. The molecule has 0 saturated heterocycles. The Morgan fingerprint density at radius 1 is 1.12 bits per heavy atom. The highest BCUT2D eigenvalue weighted by Gasteiger charge is 2.07. The van der Waals surface area contributed by atoms with Gasteiger partial charge in [-0.3, -0.25) is 4.79 Å². The van der Waals surface area contributed by atoms with Crippen LogP contribution in [0.25, 0.3) is 10.9 Å². The maximum absolute atomic E-state index is 12.3. The fourth-order valence-corrected chi connectivity index (χ4v) is 3.14. The predicted molar refractivity (Wildman–Crippen MR) is 106 cm³/mol. The highest BCUT2D eigenvalue weighted by molar-refractivity contribution is 5.94. The first-order chi connectivity index (χ1) is 12.5. The Hall–Kier alpha value is -2.75. The van der Waals surface area contributed by atoms with Crippen LogP contribution in [0.2, 0.25) is 0 Å². The molecule has 0 unspecified atom stereocenters. The summed E-state index contributed by atoms with van der Waals surface area (Å²) in [5.74, 6) is 0.738. The molecule has 4 heteroatoms. The van der Waals surface area contributed by atoms with Gasteiger partial charge in [-0.2, -0.15) is 0 Å². The number of nitrogens with zero attached hydrogens (tertiary/aromatic N) is 1. The van der Waals surface area contributed by atoms with Gasteiger partial charge in [-0.15, -0.1) is 0 Å². The highest BCUT2D eigenvalue weighted by Crippen LogP contribution is 2.19. The van der Waals surface area contributed by atoms with E-state index < -0.39 is 0 Å². The summed E-state index contributed by atoms with van der Waals surface area (Å²) in [5, 5.41) is 4.26. The largest absolute Gasteiger partial charge is 0.491 e. The quantitative estimate of drug-likeness (QED) is 0.635. The standard InChI is InChI=1S/C22H26N2O2/c1-16(2)26-20-11-9-18(10-12-20)22(25)23-13-6-14-24-17(3)15-19-7-4-5-8-21(19)24/h4-5,7-12,15-16H,6,13-14H2,1-3H3,(H,23,25). The molecule has 1 amide bonds. The minimum atomic E-state index is -0.0461. The van der Waals surface area contributed by atoms with E-state index in [0.717, 1.165) is 18.7 Å². The molecule has 3 rings (SSSR count). The van der Waals surface area contributed by atoms with Gasteiger partial charge in [0.05, 0.1) is 6.10 Å². The van der Waals surface area contributed by atoms with Crippen molar-refractivity contribution in [2.24, 2.45) is 0 Å². The van der Waals surface area contributed by atoms with Gasteiger partial charge in [0, 0.05) is 29.9 Å². The van der Waals surface area contributed by atoms with Crippen LogP contribution in [0, 0.1) is 6.92 Å². The van der Waals surface area contributed by atoms with E-state index >= 15 is 0 Å². The molecule has 0 spiro atoms. The monoisotopic (exact) mass is 350 g/mol. The number of fused-ring (bicyclic) bond motifs is 1. The third-order valence-corrected chi connectivity index (χ3v) is 4.35. The van der Waals surface area contributed by atoms with Crippen molar-refractivity contribution >= 4 is 16.8 Å². The molecule has 0 aliphatic heterocycles. The van der Waals surface area contributed by atoms with Crippen LogP contribution in [0.1, 0.15) is 36.3 Å². The molecule has 1 aromatic heterocycles. The van der Waals surface area contributed by atoms with Crippen molar-refractivity contribution in [3.05, 3.63) is 65.9 Å². The molecule has 136 valence electrons. The summed E-state index contributed by atoms with van der Waals surface area (Å²) in [7, 11) is 0. The predicted octanol–water partition coefficient (Wildman–Crippen LogP) is 4.56. The molecule has 1 N–H and O–H groups in total. The number of rotatable bonds is 7. The Bertz CT molecular complexity index is 879. The van der Waals surface area contributed by atoms with E-state index in [1.807, 2.05) is 26.0 Å². The second kappa shape index (κ2) is 8.09. The smallest absolute Gasteiger partial charge is 0.251 e. The van der Waals surface area contributed by atoms with Crippen LogP contribution in [-0.4, -0.2) is 23.1 Å². The number of aryl methyl sites for hydroxylation is 2. The molecular weight excluding hydrogens is 324 g/mol. The first-order valence-corrected chi connectivity index (χ1v) is 9.14. The molecular formula is C22H26N2O2. The van der Waals surface area contributed by atoms with Crippen molar-refractivity contribution in [3.8, 4) is 5.75 Å². The van der Waals surface area contributed by atoms with E-state index in [4.69, 9.17) is 4.74 Å². The van der Waals surface area contributed by atoms with Gasteiger partial charge >= 0.3 is 0 Å². The van der Waals surface area contributed by atoms with Crippen LogP contribution < -0.4 is 10.1 Å². The molecule has 0 saturated carbocycles. The summed E-state index contributed by atoms with van der Waals surface area (Å²) < 4.78 is 7.91. The summed E-state index contributed by atoms with van der Waals surface area (Å²) in [5.41, 5.74) is 3.15. The maximum atomic E-state index is 12.3. The SMILES string of the molecule is Cc1cc2ccccc2n1CCCNC(=O)c1ccc(OC(C)C)cc1. The zero-order chi connectivity index (χ0) is 18.5. The summed E-state index contributed by atoms with van der Waals surface area (Å²) in [6.45, 7) is 7.63. The second-order valence-corrected chi connectivity index (χ2v) is 6.80. The van der Waals surface area contributed by atoms with Gasteiger partial charge in [-0.1, -0.05) is 18.2 Å². The van der Waals surface area contributed by atoms with E-state index in [2.05, 4.69) is 47.1 Å². The fourth-order valence-electron chi connectivity index (χ4n) is 3.14. The van der Waals surface area contributed by atoms with Gasteiger partial charge in [0.2, 0.25) is 0 Å². The number of carbonyl (C=O) groups is 1. The number of nitrogens with one attached hydrogen (secondary N) is 1. The lowest BCUT2D eigenvalue weighted by Gasteiger charge is -2.11. The number of hydrogen-bond acceptors (Lipinski definition) is 2. The van der Waals surface area contributed by atoms with Gasteiger partial charge in [-0.25, -0.2) is 0 Å². The van der Waals surface area contributed by atoms with Gasteiger partial charge in [0.25, 0.3) is 5.91 Å². The molecule has 0 aliphatic rings. The summed E-state index contributed by atoms with van der Waals surface area (Å²) >= 11 is 0. The van der Waals surface area contributed by atoms with E-state index in [1.165, 1.54) is 16.6 Å². The van der Waals surface area contributed by atoms with Crippen LogP contribution in [-0.2, 0) is 6.54 Å². The number of amides is 1. The minimum Gasteiger partial charge on any atom is -0.491 e. The first-order valence-electron chi connectivity index (χ1n) is 9.14. The maximum Gasteiger partial charge on any atom is 0.251 e. The van der Waals surface area contributed by atoms with Gasteiger partial charge in [0.1, 0.15) is 5.75 Å². The molecule has 0 fully saturated rings. The van der Waals surface area contributed by atoms with Gasteiger partial charge < -0.3 is 14.6 Å². The molecule has 4 nitrogen and oxygen atoms in total. The average Bonchev–Trinajstić information content (AvgIpc) is 2.94. The zero-order valence-corrected chi connectivity index (χ0v) is 15.7. The van der Waals surface area contributed by atoms with E-state index in [1.54, 1.807) is 12.1 Å². The second-order valence-electron chi connectivity index (χ2n) is 6.80. The number of ether oxygens (including phenoxy) is 1. The summed E-state index contributed by atoms with van der Waals surface area (Å²) in [4.78, 5) is 12.3. The van der Waals surface area contributed by atoms with Crippen molar-refractivity contribution in [2.75, 3.05) is 6.54 Å². The topological polar surface area (TPSA) is 43.3 Å². The zero-order valence-electron chi connectivity index (χ0n) is 15.7. The number of para-hydroxylation sites is 1. The Labute approximate surface area is 154 Å². The molecule has 2 aromatic carbocycles. The van der Waals surface area contributed by atoms with Crippen LogP contribution in [0.3, 0.4) is 0 Å². The van der Waals surface area contributed by atoms with E-state index in [-0.39, 0.29) is 12.0 Å². The normalized spacial score (nSPS) is 11.1. The Morgan fingerprint density at radius 2 is 1.85 bits per heavy atom. The average molecular weight is 350 g/mol. The lowest BCUT2D eigenvalue weighted by molar-refractivity contribution is 0.0952. The highest BCUT2D eigenvalue weighted by atomic mass is 16.5. The van der Waals surface area contributed by atoms with Crippen molar-refractivity contribution in [3.63, 3.8) is 0 Å². The van der Waals surface area contributed by atoms with Crippen LogP contribution in [0.15, 0.2) is 54.6 Å². The van der Waals surface area contributed by atoms with Gasteiger partial charge in [0.15, 0.2) is 0 Å². The van der Waals surface area contributed by atoms with Crippen molar-refractivity contribution < 1.29 is 9.53 Å². The Morgan fingerprint density at radius 3 is 2.58 bits per heavy atom. The van der Waals surface area contributed by atoms with Crippen molar-refractivity contribution in [1.82, 2.24) is 9.88 Å². The number of aromatic nitrogens is 1. The number of benzene rings is 2. The van der Waals surface area contributed by atoms with Gasteiger partial charge in [-0.05, 0) is 69.0 Å². The van der Waals surface area contributed by atoms with Crippen molar-refractivity contribution in [2.45, 2.75) is 39.8 Å². The molecule has 1 heterocycles. The number of hydrogen-bond donors (Lipinski definition) is 1. The molecule has 26 heavy (non-hydrogen) atoms. The Balaban J connectivity index is 1.51. The van der Waals surface area contributed by atoms with Crippen LogP contribution in [0.5, 0.6) is 5.75 Å². The van der Waals surface area contributed by atoms with E-state index in [9.17, 15) is 4.79 Å². The first kappa shape index (κ1) is 18.1. The lowest BCUT2D eigenvalue weighted by atomic mass is 10.2. The minimum absolute atomic E-state index is 0.0461. The van der Waals surface area contributed by atoms with Crippen LogP contribution in [0.4, 0.5) is 0 Å². The number of carbonyl (C=O) groups excluding carboxylic acids is 1. The fraction of sp³-hybridized carbons (Fsp3) is 0.318. The third kappa shape index (κ3) is 4.26. The van der Waals surface area contributed by atoms with E-state index in [0.29, 0.717) is 12.1 Å². The molecule has 0 aliphatic carbocycles. The molecule has 0 radical (unpaired) electrons. The summed E-state index contributed by atoms with van der Waals surface area (Å²) in [6.07, 6.45) is 1.02. The third-order valence-electron chi connectivity index (χ3n) is 4.35. The van der Waals surface area contributed by atoms with Crippen molar-refractivity contribution in [1.29, 1.82) is 0 Å².